The fourth-order valence-corrected chi connectivity index (χ4v) is 2.12. The molecule has 1 aliphatic rings. The van der Waals surface area contributed by atoms with Gasteiger partial charge >= 0.3 is 0 Å². The standard InChI is InChI=1S/C13H28N2/c1-11(2)15(4)8-6-5-7-14-13-9-12(3)10-13/h11-14H,5-10H2,1-4H3. The van der Waals surface area contributed by atoms with Gasteiger partial charge in [-0.15, -0.1) is 0 Å². The first kappa shape index (κ1) is 13.0. The van der Waals surface area contributed by atoms with Crippen LogP contribution in [0.15, 0.2) is 0 Å². The fourth-order valence-electron chi connectivity index (χ4n) is 2.12. The SMILES string of the molecule is CC1CC(NCCCCN(C)C(C)C)C1. The molecule has 0 unspecified atom stereocenters. The third-order valence-electron chi connectivity index (χ3n) is 3.63. The van der Waals surface area contributed by atoms with Crippen molar-refractivity contribution >= 4 is 0 Å². The molecule has 0 aromatic heterocycles. The van der Waals surface area contributed by atoms with E-state index in [-0.39, 0.29) is 0 Å². The van der Waals surface area contributed by atoms with E-state index in [0.717, 1.165) is 12.0 Å². The molecule has 0 saturated heterocycles. The Morgan fingerprint density at radius 1 is 1.27 bits per heavy atom. The molecule has 1 rings (SSSR count). The zero-order chi connectivity index (χ0) is 11.3. The Kier molecular flexibility index (Phi) is 5.62. The van der Waals surface area contributed by atoms with Crippen LogP contribution in [0.5, 0.6) is 0 Å². The summed E-state index contributed by atoms with van der Waals surface area (Å²) in [4.78, 5) is 2.42. The molecule has 0 aromatic rings. The van der Waals surface area contributed by atoms with Crippen molar-refractivity contribution in [1.82, 2.24) is 10.2 Å². The summed E-state index contributed by atoms with van der Waals surface area (Å²) in [5.41, 5.74) is 0. The maximum Gasteiger partial charge on any atom is 0.00721 e. The van der Waals surface area contributed by atoms with Gasteiger partial charge in [-0.3, -0.25) is 0 Å². The quantitative estimate of drug-likeness (QED) is 0.652. The summed E-state index contributed by atoms with van der Waals surface area (Å²) in [6, 6.07) is 1.52. The van der Waals surface area contributed by atoms with Gasteiger partial charge in [0.05, 0.1) is 0 Å². The number of rotatable bonds is 7. The molecule has 1 saturated carbocycles. The largest absolute Gasteiger partial charge is 0.314 e. The molecular formula is C13H28N2. The second kappa shape index (κ2) is 6.49. The number of nitrogens with one attached hydrogen (secondary N) is 1. The smallest absolute Gasteiger partial charge is 0.00721 e. The van der Waals surface area contributed by atoms with Crippen molar-refractivity contribution in [3.8, 4) is 0 Å². The molecule has 0 atom stereocenters. The highest BCUT2D eigenvalue weighted by atomic mass is 15.1. The molecule has 0 spiro atoms. The summed E-state index contributed by atoms with van der Waals surface area (Å²) in [5, 5.41) is 3.63. The van der Waals surface area contributed by atoms with Gasteiger partial charge < -0.3 is 10.2 Å². The van der Waals surface area contributed by atoms with Crippen LogP contribution in [0.25, 0.3) is 0 Å². The molecule has 0 bridgehead atoms. The molecule has 0 radical (unpaired) electrons. The summed E-state index contributed by atoms with van der Waals surface area (Å²) in [5.74, 6) is 0.967. The minimum absolute atomic E-state index is 0.686. The second-order valence-corrected chi connectivity index (χ2v) is 5.51. The first-order chi connectivity index (χ1) is 7.09. The zero-order valence-electron chi connectivity index (χ0n) is 10.9. The molecular weight excluding hydrogens is 184 g/mol. The number of hydrogen-bond donors (Lipinski definition) is 1. The van der Waals surface area contributed by atoms with E-state index in [1.807, 2.05) is 0 Å². The lowest BCUT2D eigenvalue weighted by Gasteiger charge is -2.33. The molecule has 0 heterocycles. The molecule has 90 valence electrons. The Morgan fingerprint density at radius 2 is 1.93 bits per heavy atom. The van der Waals surface area contributed by atoms with Crippen molar-refractivity contribution in [3.63, 3.8) is 0 Å². The Hall–Kier alpha value is -0.0800. The van der Waals surface area contributed by atoms with Crippen molar-refractivity contribution in [2.24, 2.45) is 5.92 Å². The van der Waals surface area contributed by atoms with Crippen molar-refractivity contribution in [2.75, 3.05) is 20.1 Å². The monoisotopic (exact) mass is 212 g/mol. The van der Waals surface area contributed by atoms with Gasteiger partial charge in [-0.1, -0.05) is 6.92 Å². The summed E-state index contributed by atoms with van der Waals surface area (Å²) in [6.07, 6.45) is 5.43. The van der Waals surface area contributed by atoms with Crippen LogP contribution in [0.3, 0.4) is 0 Å². The number of hydrogen-bond acceptors (Lipinski definition) is 2. The molecule has 1 aliphatic carbocycles. The van der Waals surface area contributed by atoms with Gasteiger partial charge in [0, 0.05) is 12.1 Å². The maximum absolute atomic E-state index is 3.63. The lowest BCUT2D eigenvalue weighted by molar-refractivity contribution is 0.235. The lowest BCUT2D eigenvalue weighted by atomic mass is 9.82. The van der Waals surface area contributed by atoms with Crippen LogP contribution in [0.2, 0.25) is 0 Å². The van der Waals surface area contributed by atoms with Crippen molar-refractivity contribution in [3.05, 3.63) is 0 Å². The first-order valence-electron chi connectivity index (χ1n) is 6.53. The van der Waals surface area contributed by atoms with Gasteiger partial charge in [0.1, 0.15) is 0 Å². The molecule has 2 heteroatoms. The van der Waals surface area contributed by atoms with Gasteiger partial charge in [-0.2, -0.15) is 0 Å². The summed E-state index contributed by atoms with van der Waals surface area (Å²) >= 11 is 0. The average molecular weight is 212 g/mol. The van der Waals surface area contributed by atoms with Crippen LogP contribution in [-0.4, -0.2) is 37.1 Å². The van der Waals surface area contributed by atoms with E-state index < -0.39 is 0 Å². The molecule has 15 heavy (non-hydrogen) atoms. The van der Waals surface area contributed by atoms with Crippen molar-refractivity contribution in [1.29, 1.82) is 0 Å². The predicted octanol–water partition coefficient (Wildman–Crippen LogP) is 2.49. The van der Waals surface area contributed by atoms with Gasteiger partial charge in [0.2, 0.25) is 0 Å². The zero-order valence-corrected chi connectivity index (χ0v) is 10.9. The minimum atomic E-state index is 0.686. The third kappa shape index (κ3) is 4.98. The topological polar surface area (TPSA) is 15.3 Å². The van der Waals surface area contributed by atoms with E-state index in [1.165, 1.54) is 38.8 Å². The van der Waals surface area contributed by atoms with Crippen LogP contribution in [0, 0.1) is 5.92 Å². The van der Waals surface area contributed by atoms with Crippen molar-refractivity contribution < 1.29 is 0 Å². The van der Waals surface area contributed by atoms with E-state index in [1.54, 1.807) is 0 Å². The normalized spacial score (nSPS) is 26.0. The molecule has 0 aromatic carbocycles. The average Bonchev–Trinajstić information content (AvgIpc) is 2.13. The van der Waals surface area contributed by atoms with Crippen LogP contribution in [0.1, 0.15) is 46.5 Å². The summed E-state index contributed by atoms with van der Waals surface area (Å²) < 4.78 is 0. The summed E-state index contributed by atoms with van der Waals surface area (Å²) in [7, 11) is 2.21. The van der Waals surface area contributed by atoms with Gasteiger partial charge in [0.25, 0.3) is 0 Å². The highest BCUT2D eigenvalue weighted by molar-refractivity contribution is 4.81. The molecule has 1 N–H and O–H groups in total. The van der Waals surface area contributed by atoms with Gasteiger partial charge in [0.15, 0.2) is 0 Å². The van der Waals surface area contributed by atoms with Crippen molar-refractivity contribution in [2.45, 2.75) is 58.5 Å². The second-order valence-electron chi connectivity index (χ2n) is 5.51. The lowest BCUT2D eigenvalue weighted by Crippen LogP contribution is -2.40. The van der Waals surface area contributed by atoms with Crippen LogP contribution in [0.4, 0.5) is 0 Å². The Labute approximate surface area is 95.4 Å². The summed E-state index contributed by atoms with van der Waals surface area (Å²) in [6.45, 7) is 9.31. The molecule has 0 aliphatic heterocycles. The highest BCUT2D eigenvalue weighted by Gasteiger charge is 2.23. The Balaban J connectivity index is 1.85. The highest BCUT2D eigenvalue weighted by Crippen LogP contribution is 2.25. The van der Waals surface area contributed by atoms with Gasteiger partial charge in [-0.25, -0.2) is 0 Å². The van der Waals surface area contributed by atoms with Crippen LogP contribution < -0.4 is 5.32 Å². The third-order valence-corrected chi connectivity index (χ3v) is 3.63. The van der Waals surface area contributed by atoms with E-state index in [0.29, 0.717) is 6.04 Å². The first-order valence-corrected chi connectivity index (χ1v) is 6.53. The fraction of sp³-hybridized carbons (Fsp3) is 1.00. The van der Waals surface area contributed by atoms with Gasteiger partial charge in [-0.05, 0) is 65.6 Å². The van der Waals surface area contributed by atoms with E-state index in [4.69, 9.17) is 0 Å². The molecule has 1 fully saturated rings. The minimum Gasteiger partial charge on any atom is -0.314 e. The Morgan fingerprint density at radius 3 is 2.47 bits per heavy atom. The van der Waals surface area contributed by atoms with E-state index in [9.17, 15) is 0 Å². The number of unbranched alkanes of at least 4 members (excludes halogenated alkanes) is 1. The van der Waals surface area contributed by atoms with E-state index in [2.05, 4.69) is 38.0 Å². The van der Waals surface area contributed by atoms with E-state index >= 15 is 0 Å². The van der Waals surface area contributed by atoms with Crippen LogP contribution >= 0.6 is 0 Å². The predicted molar refractivity (Wildman–Crippen MR) is 67.2 cm³/mol. The molecule has 0 amide bonds. The maximum atomic E-state index is 3.63. The van der Waals surface area contributed by atoms with Crippen LogP contribution in [-0.2, 0) is 0 Å². The Bertz CT molecular complexity index is 162. The number of nitrogens with zero attached hydrogens (tertiary/aromatic N) is 1. The molecule has 2 nitrogen and oxygen atoms in total.